The van der Waals surface area contributed by atoms with Crippen molar-refractivity contribution in [3.63, 3.8) is 0 Å². The number of aromatic nitrogens is 1. The second kappa shape index (κ2) is 8.01. The zero-order valence-electron chi connectivity index (χ0n) is 17.5. The molecule has 158 valence electrons. The largest absolute Gasteiger partial charge is 0.318 e. The lowest BCUT2D eigenvalue weighted by Crippen LogP contribution is -2.27. The predicted molar refractivity (Wildman–Crippen MR) is 133 cm³/mol. The number of carbonyl (C=O) groups excluding carboxylic acids is 2. The minimum Gasteiger partial charge on any atom is -0.318 e. The number of amides is 2. The number of thioether (sulfide) groups is 1. The van der Waals surface area contributed by atoms with Gasteiger partial charge in [-0.2, -0.15) is 0 Å². The maximum atomic E-state index is 13.0. The first-order valence-electron chi connectivity index (χ1n) is 10.1. The summed E-state index contributed by atoms with van der Waals surface area (Å²) in [6.45, 7) is 4.07. The van der Waals surface area contributed by atoms with Crippen LogP contribution in [-0.2, 0) is 4.79 Å². The standard InChI is InChI=1S/C26H19ClN2O2S/c1-16-13-20(17(2)28(16)23-10-7-18-5-3-4-6-19(18)14-23)15-24-25(30)29(26(31)32-24)22-11-8-21(27)9-12-22/h3-15H,1-2H3/b24-15+. The molecule has 1 fully saturated rings. The molecule has 0 spiro atoms. The summed E-state index contributed by atoms with van der Waals surface area (Å²) in [6, 6.07) is 23.3. The molecule has 0 radical (unpaired) electrons. The van der Waals surface area contributed by atoms with Gasteiger partial charge in [0.2, 0.25) is 0 Å². The number of aryl methyl sites for hydroxylation is 1. The number of halogens is 1. The first-order chi connectivity index (χ1) is 15.4. The first kappa shape index (κ1) is 20.6. The number of fused-ring (bicyclic) bond motifs is 1. The van der Waals surface area contributed by atoms with Gasteiger partial charge in [-0.3, -0.25) is 9.59 Å². The Morgan fingerprint density at radius 3 is 2.28 bits per heavy atom. The molecule has 0 aliphatic carbocycles. The van der Waals surface area contributed by atoms with Crippen LogP contribution in [0.4, 0.5) is 10.5 Å². The highest BCUT2D eigenvalue weighted by Crippen LogP contribution is 2.37. The number of nitrogens with zero attached hydrogens (tertiary/aromatic N) is 2. The molecular weight excluding hydrogens is 440 g/mol. The van der Waals surface area contributed by atoms with Gasteiger partial charge in [0.15, 0.2) is 0 Å². The lowest BCUT2D eigenvalue weighted by atomic mass is 10.1. The molecule has 1 aliphatic rings. The van der Waals surface area contributed by atoms with E-state index in [-0.39, 0.29) is 11.1 Å². The number of hydrogen-bond acceptors (Lipinski definition) is 3. The Bertz CT molecular complexity index is 1420. The van der Waals surface area contributed by atoms with E-state index in [0.29, 0.717) is 15.6 Å². The van der Waals surface area contributed by atoms with Gasteiger partial charge < -0.3 is 4.57 Å². The fourth-order valence-electron chi connectivity index (χ4n) is 4.07. The van der Waals surface area contributed by atoms with Crippen LogP contribution in [0, 0.1) is 13.8 Å². The summed E-state index contributed by atoms with van der Waals surface area (Å²) in [5.74, 6) is -0.321. The lowest BCUT2D eigenvalue weighted by molar-refractivity contribution is -0.113. The third-order valence-corrected chi connectivity index (χ3v) is 6.75. The summed E-state index contributed by atoms with van der Waals surface area (Å²) in [7, 11) is 0. The van der Waals surface area contributed by atoms with E-state index < -0.39 is 0 Å². The third-order valence-electron chi connectivity index (χ3n) is 5.63. The SMILES string of the molecule is Cc1cc(/C=C2/SC(=O)N(c3ccc(Cl)cc3)C2=O)c(C)n1-c1ccc2ccccc2c1. The van der Waals surface area contributed by atoms with E-state index in [4.69, 9.17) is 11.6 Å². The highest BCUT2D eigenvalue weighted by atomic mass is 35.5. The fourth-order valence-corrected chi connectivity index (χ4v) is 5.03. The number of anilines is 1. The maximum absolute atomic E-state index is 13.0. The van der Waals surface area contributed by atoms with Gasteiger partial charge in [-0.15, -0.1) is 0 Å². The molecule has 3 aromatic carbocycles. The monoisotopic (exact) mass is 458 g/mol. The number of carbonyl (C=O) groups is 2. The summed E-state index contributed by atoms with van der Waals surface area (Å²) >= 11 is 6.89. The highest BCUT2D eigenvalue weighted by molar-refractivity contribution is 8.19. The van der Waals surface area contributed by atoms with E-state index in [0.717, 1.165) is 34.4 Å². The molecule has 4 aromatic rings. The van der Waals surface area contributed by atoms with Gasteiger partial charge in [-0.1, -0.05) is 41.9 Å². The predicted octanol–water partition coefficient (Wildman–Crippen LogP) is 7.14. The van der Waals surface area contributed by atoms with E-state index >= 15 is 0 Å². The number of rotatable bonds is 3. The van der Waals surface area contributed by atoms with Gasteiger partial charge in [0.25, 0.3) is 11.1 Å². The van der Waals surface area contributed by atoms with Gasteiger partial charge in [0, 0.05) is 22.1 Å². The second-order valence-corrected chi connectivity index (χ2v) is 9.12. The summed E-state index contributed by atoms with van der Waals surface area (Å²) in [5.41, 5.74) is 4.56. The molecule has 0 atom stereocenters. The van der Waals surface area contributed by atoms with Crippen LogP contribution in [0.1, 0.15) is 17.0 Å². The first-order valence-corrected chi connectivity index (χ1v) is 11.3. The quantitative estimate of drug-likeness (QED) is 0.306. The summed E-state index contributed by atoms with van der Waals surface area (Å²) in [4.78, 5) is 27.2. The van der Waals surface area contributed by atoms with Crippen LogP contribution >= 0.6 is 23.4 Å². The zero-order valence-corrected chi connectivity index (χ0v) is 19.1. The average molecular weight is 459 g/mol. The molecule has 0 bridgehead atoms. The lowest BCUT2D eigenvalue weighted by Gasteiger charge is -2.12. The van der Waals surface area contributed by atoms with Gasteiger partial charge in [0.05, 0.1) is 10.6 Å². The zero-order chi connectivity index (χ0) is 22.4. The Balaban J connectivity index is 1.51. The topological polar surface area (TPSA) is 42.3 Å². The summed E-state index contributed by atoms with van der Waals surface area (Å²) in [5, 5.41) is 2.60. The van der Waals surface area contributed by atoms with Crippen LogP contribution in [0.15, 0.2) is 77.7 Å². The molecule has 0 N–H and O–H groups in total. The van der Waals surface area contributed by atoms with Crippen molar-refractivity contribution in [1.29, 1.82) is 0 Å². The van der Waals surface area contributed by atoms with Crippen molar-refractivity contribution in [2.45, 2.75) is 13.8 Å². The van der Waals surface area contributed by atoms with E-state index in [9.17, 15) is 9.59 Å². The van der Waals surface area contributed by atoms with Crippen molar-refractivity contribution in [2.24, 2.45) is 0 Å². The van der Waals surface area contributed by atoms with Crippen LogP contribution in [0.3, 0.4) is 0 Å². The van der Waals surface area contributed by atoms with Crippen molar-refractivity contribution < 1.29 is 9.59 Å². The Morgan fingerprint density at radius 1 is 0.844 bits per heavy atom. The van der Waals surface area contributed by atoms with E-state index in [1.807, 2.05) is 32.0 Å². The smallest absolute Gasteiger partial charge is 0.298 e. The summed E-state index contributed by atoms with van der Waals surface area (Å²) < 4.78 is 2.17. The molecule has 0 unspecified atom stereocenters. The Morgan fingerprint density at radius 2 is 1.53 bits per heavy atom. The summed E-state index contributed by atoms with van der Waals surface area (Å²) in [6.07, 6.45) is 1.81. The van der Waals surface area contributed by atoms with E-state index in [1.54, 1.807) is 30.3 Å². The van der Waals surface area contributed by atoms with Gasteiger partial charge >= 0.3 is 0 Å². The van der Waals surface area contributed by atoms with Gasteiger partial charge in [-0.05, 0) is 90.5 Å². The fraction of sp³-hybridized carbons (Fsp3) is 0.0769. The second-order valence-electron chi connectivity index (χ2n) is 7.69. The molecule has 32 heavy (non-hydrogen) atoms. The van der Waals surface area contributed by atoms with Gasteiger partial charge in [0.1, 0.15) is 0 Å². The van der Waals surface area contributed by atoms with E-state index in [2.05, 4.69) is 34.9 Å². The van der Waals surface area contributed by atoms with Crippen LogP contribution in [0.2, 0.25) is 5.02 Å². The van der Waals surface area contributed by atoms with Crippen molar-refractivity contribution in [1.82, 2.24) is 4.57 Å². The van der Waals surface area contributed by atoms with Crippen molar-refractivity contribution >= 4 is 57.0 Å². The Labute approximate surface area is 195 Å². The minimum absolute atomic E-state index is 0.313. The molecule has 1 saturated heterocycles. The van der Waals surface area contributed by atoms with Crippen molar-refractivity contribution in [3.05, 3.63) is 99.7 Å². The highest BCUT2D eigenvalue weighted by Gasteiger charge is 2.36. The molecule has 0 saturated carbocycles. The van der Waals surface area contributed by atoms with Crippen molar-refractivity contribution in [2.75, 3.05) is 4.90 Å². The average Bonchev–Trinajstić information content (AvgIpc) is 3.22. The Kier molecular flexibility index (Phi) is 5.16. The van der Waals surface area contributed by atoms with Crippen LogP contribution < -0.4 is 4.90 Å². The van der Waals surface area contributed by atoms with Gasteiger partial charge in [-0.25, -0.2) is 4.90 Å². The van der Waals surface area contributed by atoms with Crippen LogP contribution in [-0.4, -0.2) is 15.7 Å². The molecule has 2 heterocycles. The van der Waals surface area contributed by atoms with Crippen molar-refractivity contribution in [3.8, 4) is 5.69 Å². The molecule has 6 heteroatoms. The molecule has 1 aromatic heterocycles. The third kappa shape index (κ3) is 3.53. The minimum atomic E-state index is -0.321. The number of hydrogen-bond donors (Lipinski definition) is 0. The molecule has 5 rings (SSSR count). The molecule has 4 nitrogen and oxygen atoms in total. The normalized spacial score (nSPS) is 15.3. The molecule has 2 amide bonds. The molecule has 1 aliphatic heterocycles. The van der Waals surface area contributed by atoms with Crippen LogP contribution in [0.25, 0.3) is 22.5 Å². The number of imide groups is 1. The van der Waals surface area contributed by atoms with Crippen LogP contribution in [0.5, 0.6) is 0 Å². The Hall–Kier alpha value is -3.28. The molecular formula is C26H19ClN2O2S. The van der Waals surface area contributed by atoms with E-state index in [1.165, 1.54) is 15.7 Å². The maximum Gasteiger partial charge on any atom is 0.298 e. The number of benzene rings is 3.